The summed E-state index contributed by atoms with van der Waals surface area (Å²) in [4.78, 5) is 22.7. The smallest absolute Gasteiger partial charge is 0.333 e. The molecule has 0 aliphatic rings. The van der Waals surface area contributed by atoms with Crippen LogP contribution in [0, 0.1) is 0 Å². The van der Waals surface area contributed by atoms with Crippen LogP contribution in [0.5, 0.6) is 5.75 Å². The van der Waals surface area contributed by atoms with Crippen LogP contribution in [0.4, 0.5) is 0 Å². The fourth-order valence-electron chi connectivity index (χ4n) is 1.23. The summed E-state index contributed by atoms with van der Waals surface area (Å²) in [7, 11) is 0. The second-order valence-electron chi connectivity index (χ2n) is 3.74. The number of carbonyl (C=O) groups is 2. The van der Waals surface area contributed by atoms with Crippen LogP contribution in [-0.4, -0.2) is 17.9 Å². The Morgan fingerprint density at radius 3 is 1.75 bits per heavy atom. The first-order valence-corrected chi connectivity index (χ1v) is 7.06. The van der Waals surface area contributed by atoms with Gasteiger partial charge in [0.1, 0.15) is 16.1 Å². The van der Waals surface area contributed by atoms with Gasteiger partial charge in [-0.1, -0.05) is 58.0 Å². The van der Waals surface area contributed by atoms with Gasteiger partial charge in [-0.3, -0.25) is 4.79 Å². The molecule has 1 aromatic carbocycles. The van der Waals surface area contributed by atoms with Gasteiger partial charge >= 0.3 is 5.97 Å². The lowest BCUT2D eigenvalue weighted by Crippen LogP contribution is -2.39. The van der Waals surface area contributed by atoms with Gasteiger partial charge in [-0.2, -0.15) is 0 Å². The summed E-state index contributed by atoms with van der Waals surface area (Å²) < 4.78 is 5.01. The van der Waals surface area contributed by atoms with E-state index in [4.69, 9.17) is 62.7 Å². The van der Waals surface area contributed by atoms with Crippen LogP contribution in [0.2, 0.25) is 25.1 Å². The third-order valence-corrected chi connectivity index (χ3v) is 4.39. The van der Waals surface area contributed by atoms with Crippen molar-refractivity contribution in [2.24, 2.45) is 0 Å². The maximum absolute atomic E-state index is 11.8. The number of rotatable bonds is 3. The summed E-state index contributed by atoms with van der Waals surface area (Å²) in [6, 6.07) is -0.895. The number of ether oxygens (including phenoxy) is 1. The van der Waals surface area contributed by atoms with E-state index >= 15 is 0 Å². The van der Waals surface area contributed by atoms with Gasteiger partial charge in [0.25, 0.3) is 0 Å². The van der Waals surface area contributed by atoms with Gasteiger partial charge < -0.3 is 10.1 Å². The first kappa shape index (κ1) is 17.7. The van der Waals surface area contributed by atoms with Crippen LogP contribution in [0.1, 0.15) is 13.8 Å². The summed E-state index contributed by atoms with van der Waals surface area (Å²) in [6.45, 7) is 2.70. The van der Waals surface area contributed by atoms with E-state index in [2.05, 4.69) is 5.32 Å². The SMILES string of the molecule is CC(=O)NC(C)C(=O)Oc1c(Cl)c(Cl)c(Cl)c(Cl)c1Cl. The molecule has 0 radical (unpaired) electrons. The highest BCUT2D eigenvalue weighted by atomic mass is 35.5. The standard InChI is InChI=1S/C11H8Cl5NO3/c1-3(17-4(2)18)11(19)20-10-8(15)6(13)5(12)7(14)9(10)16/h3H,1-2H3,(H,17,18). The molecule has 0 saturated heterocycles. The molecule has 1 amide bonds. The minimum atomic E-state index is -0.895. The molecule has 0 aliphatic carbocycles. The van der Waals surface area contributed by atoms with Crippen LogP contribution in [-0.2, 0) is 9.59 Å². The number of benzene rings is 1. The van der Waals surface area contributed by atoms with Crippen molar-refractivity contribution in [1.29, 1.82) is 0 Å². The van der Waals surface area contributed by atoms with E-state index in [-0.39, 0.29) is 36.8 Å². The third-order valence-electron chi connectivity index (χ3n) is 2.15. The highest BCUT2D eigenvalue weighted by molar-refractivity contribution is 6.55. The molecule has 0 spiro atoms. The van der Waals surface area contributed by atoms with E-state index in [9.17, 15) is 9.59 Å². The Morgan fingerprint density at radius 1 is 0.950 bits per heavy atom. The Kier molecular flexibility index (Phi) is 6.23. The van der Waals surface area contributed by atoms with Crippen LogP contribution < -0.4 is 10.1 Å². The van der Waals surface area contributed by atoms with Gasteiger partial charge in [0.05, 0.1) is 15.1 Å². The fraction of sp³-hybridized carbons (Fsp3) is 0.273. The van der Waals surface area contributed by atoms with E-state index in [1.54, 1.807) is 0 Å². The average Bonchev–Trinajstić information content (AvgIpc) is 2.38. The highest BCUT2D eigenvalue weighted by Gasteiger charge is 2.24. The molecule has 0 aromatic heterocycles. The van der Waals surface area contributed by atoms with Crippen molar-refractivity contribution in [3.63, 3.8) is 0 Å². The summed E-state index contributed by atoms with van der Waals surface area (Å²) in [5.74, 6) is -1.38. The van der Waals surface area contributed by atoms with E-state index in [1.807, 2.05) is 0 Å². The van der Waals surface area contributed by atoms with Crippen molar-refractivity contribution in [2.75, 3.05) is 0 Å². The quantitative estimate of drug-likeness (QED) is 0.367. The lowest BCUT2D eigenvalue weighted by Gasteiger charge is -2.15. The van der Waals surface area contributed by atoms with Crippen molar-refractivity contribution in [3.8, 4) is 5.75 Å². The predicted molar refractivity (Wildman–Crippen MR) is 80.4 cm³/mol. The van der Waals surface area contributed by atoms with Crippen molar-refractivity contribution < 1.29 is 14.3 Å². The number of nitrogens with one attached hydrogen (secondary N) is 1. The number of hydrogen-bond donors (Lipinski definition) is 1. The molecular formula is C11H8Cl5NO3. The van der Waals surface area contributed by atoms with Gasteiger partial charge in [-0.25, -0.2) is 4.79 Å². The fourth-order valence-corrected chi connectivity index (χ4v) is 2.43. The Bertz CT molecular complexity index is 547. The van der Waals surface area contributed by atoms with Gasteiger partial charge in [-0.15, -0.1) is 0 Å². The van der Waals surface area contributed by atoms with E-state index in [1.165, 1.54) is 13.8 Å². The zero-order chi connectivity index (χ0) is 15.6. The molecule has 9 heteroatoms. The number of halogens is 5. The number of esters is 1. The molecule has 0 fully saturated rings. The first-order valence-electron chi connectivity index (χ1n) is 5.17. The highest BCUT2D eigenvalue weighted by Crippen LogP contribution is 2.48. The topological polar surface area (TPSA) is 55.4 Å². The van der Waals surface area contributed by atoms with Gasteiger partial charge in [0.2, 0.25) is 5.91 Å². The van der Waals surface area contributed by atoms with Gasteiger partial charge in [0.15, 0.2) is 5.75 Å². The zero-order valence-electron chi connectivity index (χ0n) is 10.2. The molecule has 1 rings (SSSR count). The first-order chi connectivity index (χ1) is 9.16. The lowest BCUT2D eigenvalue weighted by atomic mass is 10.3. The molecule has 0 bridgehead atoms. The van der Waals surface area contributed by atoms with Crippen LogP contribution in [0.25, 0.3) is 0 Å². The average molecular weight is 379 g/mol. The molecule has 110 valence electrons. The Labute approximate surface area is 140 Å². The van der Waals surface area contributed by atoms with E-state index in [0.717, 1.165) is 0 Å². The van der Waals surface area contributed by atoms with Gasteiger partial charge in [0, 0.05) is 6.92 Å². The molecule has 4 nitrogen and oxygen atoms in total. The normalized spacial score (nSPS) is 11.9. The number of carbonyl (C=O) groups excluding carboxylic acids is 2. The van der Waals surface area contributed by atoms with Crippen LogP contribution >= 0.6 is 58.0 Å². The molecule has 20 heavy (non-hydrogen) atoms. The second kappa shape index (κ2) is 7.05. The van der Waals surface area contributed by atoms with E-state index in [0.29, 0.717) is 0 Å². The molecule has 1 unspecified atom stereocenters. The summed E-state index contributed by atoms with van der Waals surface area (Å²) >= 11 is 29.3. The Morgan fingerprint density at radius 2 is 1.35 bits per heavy atom. The largest absolute Gasteiger partial charge is 0.422 e. The maximum Gasteiger partial charge on any atom is 0.333 e. The van der Waals surface area contributed by atoms with Crippen molar-refractivity contribution in [1.82, 2.24) is 5.32 Å². The van der Waals surface area contributed by atoms with Gasteiger partial charge in [-0.05, 0) is 6.92 Å². The van der Waals surface area contributed by atoms with Crippen molar-refractivity contribution >= 4 is 69.9 Å². The Balaban J connectivity index is 3.10. The molecule has 0 saturated carbocycles. The maximum atomic E-state index is 11.8. The van der Waals surface area contributed by atoms with Crippen LogP contribution in [0.3, 0.4) is 0 Å². The Hall–Kier alpha value is -0.390. The number of amides is 1. The second-order valence-corrected chi connectivity index (χ2v) is 5.63. The van der Waals surface area contributed by atoms with Crippen LogP contribution in [0.15, 0.2) is 0 Å². The predicted octanol–water partition coefficient (Wildman–Crippen LogP) is 4.38. The molecule has 0 aliphatic heterocycles. The summed E-state index contributed by atoms with van der Waals surface area (Å²) in [6.07, 6.45) is 0. The zero-order valence-corrected chi connectivity index (χ0v) is 14.0. The van der Waals surface area contributed by atoms with E-state index < -0.39 is 12.0 Å². The van der Waals surface area contributed by atoms with Crippen molar-refractivity contribution in [3.05, 3.63) is 25.1 Å². The molecule has 1 aromatic rings. The molecular weight excluding hydrogens is 371 g/mol. The minimum Gasteiger partial charge on any atom is -0.422 e. The summed E-state index contributed by atoms with van der Waals surface area (Å²) in [5, 5.41) is 1.85. The summed E-state index contributed by atoms with van der Waals surface area (Å²) in [5.41, 5.74) is 0. The molecule has 1 N–H and O–H groups in total. The van der Waals surface area contributed by atoms with Crippen molar-refractivity contribution in [2.45, 2.75) is 19.9 Å². The third kappa shape index (κ3) is 3.83. The minimum absolute atomic E-state index is 0.0435. The monoisotopic (exact) mass is 377 g/mol. The molecule has 1 atom stereocenters. The lowest BCUT2D eigenvalue weighted by molar-refractivity contribution is -0.138. The molecule has 0 heterocycles. The number of hydrogen-bond acceptors (Lipinski definition) is 3.